The van der Waals surface area contributed by atoms with Crippen LogP contribution < -0.4 is 30.3 Å². The summed E-state index contributed by atoms with van der Waals surface area (Å²) in [7, 11) is 1.27. The van der Waals surface area contributed by atoms with E-state index in [0.29, 0.717) is 40.7 Å². The van der Waals surface area contributed by atoms with Crippen LogP contribution in [0.15, 0.2) is 81.5 Å². The van der Waals surface area contributed by atoms with Gasteiger partial charge in [0.15, 0.2) is 17.7 Å². The molecule has 13 heteroatoms. The number of carbonyl (C=O) groups excluding carboxylic acids is 2. The van der Waals surface area contributed by atoms with E-state index in [-0.39, 0.29) is 24.6 Å². The zero-order valence-electron chi connectivity index (χ0n) is 24.2. The Morgan fingerprint density at radius 2 is 1.84 bits per heavy atom. The zero-order valence-corrected chi connectivity index (χ0v) is 25.8. The highest BCUT2D eigenvalue weighted by atomic mass is 79.9. The molecule has 2 atom stereocenters. The summed E-state index contributed by atoms with van der Waals surface area (Å²) >= 11 is 3.43. The van der Waals surface area contributed by atoms with Gasteiger partial charge in [-0.25, -0.2) is 14.0 Å². The molecule has 0 saturated heterocycles. The van der Waals surface area contributed by atoms with Crippen LogP contribution in [0.1, 0.15) is 36.6 Å². The van der Waals surface area contributed by atoms with Gasteiger partial charge >= 0.3 is 12.0 Å². The molecule has 2 amide bonds. The number of amides is 2. The van der Waals surface area contributed by atoms with Gasteiger partial charge in [0.2, 0.25) is 0 Å². The second-order valence-corrected chi connectivity index (χ2v) is 10.4. The van der Waals surface area contributed by atoms with Crippen molar-refractivity contribution in [1.82, 2.24) is 16.1 Å². The minimum absolute atomic E-state index is 0.181. The van der Waals surface area contributed by atoms with Crippen LogP contribution in [0.5, 0.6) is 17.2 Å². The Hall–Kier alpha value is -4.62. The minimum Gasteiger partial charge on any atom is -0.490 e. The topological polar surface area (TPSA) is 140 Å². The van der Waals surface area contributed by atoms with E-state index in [1.54, 1.807) is 56.3 Å². The molecule has 0 aromatic heterocycles. The van der Waals surface area contributed by atoms with Gasteiger partial charge in [-0.1, -0.05) is 34.1 Å². The standard InChI is InChI=1S/C31H32BrFN4O7/c1-4-42-26-14-20(29-28(30(39)41-3)18(2)35-31(40)36-29)7-11-25(26)44-17-27(38)37-34-15-21-13-22(32)8-12-24(21)43-16-19-5-9-23(33)10-6-19/h5-15,27,29,37-38H,4,16-17H2,1-3H3,(H2,35,36,40)/b34-15-/t27-,29-/m0/s1. The van der Waals surface area contributed by atoms with Gasteiger partial charge in [-0.2, -0.15) is 5.10 Å². The number of hydrogen-bond acceptors (Lipinski definition) is 9. The Balaban J connectivity index is 1.40. The van der Waals surface area contributed by atoms with E-state index in [0.717, 1.165) is 10.0 Å². The maximum Gasteiger partial charge on any atom is 0.337 e. The fraction of sp³-hybridized carbons (Fsp3) is 0.258. The Kier molecular flexibility index (Phi) is 11.2. The number of urea groups is 1. The molecule has 44 heavy (non-hydrogen) atoms. The maximum atomic E-state index is 13.2. The molecule has 0 bridgehead atoms. The first kappa shape index (κ1) is 32.3. The van der Waals surface area contributed by atoms with Gasteiger partial charge < -0.3 is 34.7 Å². The largest absolute Gasteiger partial charge is 0.490 e. The van der Waals surface area contributed by atoms with Crippen LogP contribution in [-0.2, 0) is 16.1 Å². The van der Waals surface area contributed by atoms with Crippen molar-refractivity contribution in [3.8, 4) is 17.2 Å². The van der Waals surface area contributed by atoms with Crippen molar-refractivity contribution in [3.63, 3.8) is 0 Å². The number of esters is 1. The Bertz CT molecular complexity index is 1550. The van der Waals surface area contributed by atoms with Crippen LogP contribution in [0.3, 0.4) is 0 Å². The zero-order chi connectivity index (χ0) is 31.6. The first-order chi connectivity index (χ1) is 21.2. The Morgan fingerprint density at radius 1 is 1.09 bits per heavy atom. The van der Waals surface area contributed by atoms with Crippen LogP contribution >= 0.6 is 15.9 Å². The fourth-order valence-electron chi connectivity index (χ4n) is 4.31. The SMILES string of the molecule is CCOc1cc([C@@H]2NC(=O)NC(C)=C2C(=O)OC)ccc1OC[C@H](O)N/N=C\c1cc(Br)ccc1OCc1ccc(F)cc1. The van der Waals surface area contributed by atoms with Crippen molar-refractivity contribution >= 4 is 34.1 Å². The van der Waals surface area contributed by atoms with Crippen LogP contribution in [0.25, 0.3) is 0 Å². The number of nitrogens with zero attached hydrogens (tertiary/aromatic N) is 1. The van der Waals surface area contributed by atoms with E-state index in [4.69, 9.17) is 18.9 Å². The quantitative estimate of drug-likeness (QED) is 0.0889. The van der Waals surface area contributed by atoms with Gasteiger partial charge in [0.05, 0.1) is 31.5 Å². The van der Waals surface area contributed by atoms with E-state index in [1.807, 2.05) is 6.07 Å². The van der Waals surface area contributed by atoms with Crippen LogP contribution in [0.2, 0.25) is 0 Å². The van der Waals surface area contributed by atoms with Crippen molar-refractivity contribution in [1.29, 1.82) is 0 Å². The number of carbonyl (C=O) groups is 2. The first-order valence-corrected chi connectivity index (χ1v) is 14.4. The number of rotatable bonds is 13. The van der Waals surface area contributed by atoms with Crippen LogP contribution in [0.4, 0.5) is 9.18 Å². The molecular formula is C31H32BrFN4O7. The number of allylic oxidation sites excluding steroid dienone is 1. The van der Waals surface area contributed by atoms with Crippen molar-refractivity contribution in [2.24, 2.45) is 5.10 Å². The summed E-state index contributed by atoms with van der Waals surface area (Å²) in [6, 6.07) is 15.2. The van der Waals surface area contributed by atoms with Crippen LogP contribution in [0, 0.1) is 5.82 Å². The van der Waals surface area contributed by atoms with Gasteiger partial charge in [-0.15, -0.1) is 0 Å². The highest BCUT2D eigenvalue weighted by Crippen LogP contribution is 2.35. The van der Waals surface area contributed by atoms with E-state index < -0.39 is 24.3 Å². The normalized spacial score (nSPS) is 15.3. The summed E-state index contributed by atoms with van der Waals surface area (Å²) in [6.07, 6.45) is 0.312. The molecular weight excluding hydrogens is 639 g/mol. The molecule has 3 aromatic rings. The summed E-state index contributed by atoms with van der Waals surface area (Å²) in [5.74, 6) is 0.332. The van der Waals surface area contributed by atoms with Gasteiger partial charge in [0, 0.05) is 15.7 Å². The molecule has 0 spiro atoms. The molecule has 4 rings (SSSR count). The number of aliphatic hydroxyl groups excluding tert-OH is 1. The number of hydrogen-bond donors (Lipinski definition) is 4. The summed E-state index contributed by atoms with van der Waals surface area (Å²) in [5.41, 5.74) is 5.27. The van der Waals surface area contributed by atoms with E-state index in [2.05, 4.69) is 37.1 Å². The van der Waals surface area contributed by atoms with E-state index >= 15 is 0 Å². The molecule has 11 nitrogen and oxygen atoms in total. The average Bonchev–Trinajstić information content (AvgIpc) is 3.00. The molecule has 1 aliphatic rings. The summed E-state index contributed by atoms with van der Waals surface area (Å²) < 4.78 is 36.3. The molecule has 0 unspecified atom stereocenters. The lowest BCUT2D eigenvalue weighted by molar-refractivity contribution is -0.136. The molecule has 0 fully saturated rings. The molecule has 1 aliphatic heterocycles. The molecule has 3 aromatic carbocycles. The van der Waals surface area contributed by atoms with Gasteiger partial charge in [0.1, 0.15) is 24.8 Å². The number of methoxy groups -OCH3 is 1. The number of halogens is 2. The second kappa shape index (κ2) is 15.2. The smallest absolute Gasteiger partial charge is 0.337 e. The number of ether oxygens (including phenoxy) is 4. The lowest BCUT2D eigenvalue weighted by Crippen LogP contribution is -2.45. The maximum absolute atomic E-state index is 13.2. The third-order valence-electron chi connectivity index (χ3n) is 6.38. The molecule has 0 radical (unpaired) electrons. The van der Waals surface area contributed by atoms with Gasteiger partial charge in [0.25, 0.3) is 0 Å². The third kappa shape index (κ3) is 8.48. The van der Waals surface area contributed by atoms with E-state index in [1.165, 1.54) is 25.5 Å². The molecule has 0 aliphatic carbocycles. The summed E-state index contributed by atoms with van der Waals surface area (Å²) in [6.45, 7) is 3.79. The Labute approximate surface area is 262 Å². The number of nitrogens with one attached hydrogen (secondary N) is 3. The summed E-state index contributed by atoms with van der Waals surface area (Å²) in [5, 5.41) is 19.9. The number of hydrazone groups is 1. The van der Waals surface area contributed by atoms with E-state index in [9.17, 15) is 19.1 Å². The highest BCUT2D eigenvalue weighted by Gasteiger charge is 2.32. The first-order valence-electron chi connectivity index (χ1n) is 13.6. The summed E-state index contributed by atoms with van der Waals surface area (Å²) in [4.78, 5) is 24.6. The lowest BCUT2D eigenvalue weighted by atomic mass is 9.95. The highest BCUT2D eigenvalue weighted by molar-refractivity contribution is 9.10. The average molecular weight is 672 g/mol. The fourth-order valence-corrected chi connectivity index (χ4v) is 4.69. The molecule has 4 N–H and O–H groups in total. The Morgan fingerprint density at radius 3 is 2.57 bits per heavy atom. The number of benzene rings is 3. The monoisotopic (exact) mass is 670 g/mol. The predicted octanol–water partition coefficient (Wildman–Crippen LogP) is 4.69. The van der Waals surface area contributed by atoms with Crippen molar-refractivity contribution < 1.29 is 38.0 Å². The van der Waals surface area contributed by atoms with Crippen molar-refractivity contribution in [2.75, 3.05) is 20.3 Å². The van der Waals surface area contributed by atoms with Gasteiger partial charge in [-0.05, 0) is 67.4 Å². The third-order valence-corrected chi connectivity index (χ3v) is 6.87. The molecule has 1 heterocycles. The predicted molar refractivity (Wildman–Crippen MR) is 164 cm³/mol. The van der Waals surface area contributed by atoms with Crippen molar-refractivity contribution in [2.45, 2.75) is 32.7 Å². The second-order valence-electron chi connectivity index (χ2n) is 9.51. The van der Waals surface area contributed by atoms with Crippen molar-refractivity contribution in [3.05, 3.63) is 98.9 Å². The van der Waals surface area contributed by atoms with Gasteiger partial charge in [-0.3, -0.25) is 5.43 Å². The van der Waals surface area contributed by atoms with Crippen LogP contribution in [-0.4, -0.2) is 49.9 Å². The lowest BCUT2D eigenvalue weighted by Gasteiger charge is -2.28. The molecule has 232 valence electrons. The number of aliphatic hydroxyl groups is 1. The minimum atomic E-state index is -1.18. The molecule has 0 saturated carbocycles.